The third kappa shape index (κ3) is 3.33. The summed E-state index contributed by atoms with van der Waals surface area (Å²) in [5, 5.41) is 0. The van der Waals surface area contributed by atoms with Crippen LogP contribution in [0.3, 0.4) is 0 Å². The summed E-state index contributed by atoms with van der Waals surface area (Å²) in [6.07, 6.45) is 7.06. The van der Waals surface area contributed by atoms with Gasteiger partial charge in [-0.3, -0.25) is 4.72 Å². The lowest BCUT2D eigenvalue weighted by atomic mass is 9.51. The van der Waals surface area contributed by atoms with Crippen LogP contribution in [0.25, 0.3) is 0 Å². The van der Waals surface area contributed by atoms with Gasteiger partial charge in [-0.05, 0) is 104 Å². The topological polar surface area (TPSA) is 46.2 Å². The van der Waals surface area contributed by atoms with Crippen molar-refractivity contribution in [2.45, 2.75) is 42.9 Å². The van der Waals surface area contributed by atoms with E-state index < -0.39 is 10.0 Å². The molecule has 27 heavy (non-hydrogen) atoms. The summed E-state index contributed by atoms with van der Waals surface area (Å²) < 4.78 is 28.7. The first-order valence-electron chi connectivity index (χ1n) is 9.86. The second kappa shape index (κ2) is 6.63. The molecule has 4 saturated carbocycles. The molecule has 6 rings (SSSR count). The Morgan fingerprint density at radius 3 is 1.89 bits per heavy atom. The molecule has 0 amide bonds. The molecule has 4 aliphatic rings. The van der Waals surface area contributed by atoms with Crippen molar-refractivity contribution in [3.05, 3.63) is 58.6 Å². The minimum atomic E-state index is -3.56. The average Bonchev–Trinajstić information content (AvgIpc) is 2.62. The van der Waals surface area contributed by atoms with Gasteiger partial charge < -0.3 is 0 Å². The van der Waals surface area contributed by atoms with Crippen LogP contribution in [0.5, 0.6) is 0 Å². The third-order valence-corrected chi connectivity index (χ3v) is 8.82. The van der Waals surface area contributed by atoms with Crippen molar-refractivity contribution in [1.82, 2.24) is 0 Å². The van der Waals surface area contributed by atoms with Crippen molar-refractivity contribution in [3.8, 4) is 0 Å². The van der Waals surface area contributed by atoms with Crippen molar-refractivity contribution in [1.29, 1.82) is 0 Å². The maximum atomic E-state index is 12.6. The summed E-state index contributed by atoms with van der Waals surface area (Å²) in [5.41, 5.74) is 2.03. The molecule has 0 atom stereocenters. The molecule has 0 unspecified atom stereocenters. The van der Waals surface area contributed by atoms with Crippen molar-refractivity contribution in [3.63, 3.8) is 0 Å². The van der Waals surface area contributed by atoms with Crippen LogP contribution in [0.1, 0.15) is 43.6 Å². The molecular formula is C22H24BrNO2S. The summed E-state index contributed by atoms with van der Waals surface area (Å²) in [7, 11) is -3.56. The van der Waals surface area contributed by atoms with E-state index in [4.69, 9.17) is 0 Å². The Labute approximate surface area is 169 Å². The van der Waals surface area contributed by atoms with Gasteiger partial charge in [0.15, 0.2) is 0 Å². The van der Waals surface area contributed by atoms with Crippen LogP contribution in [-0.4, -0.2) is 8.42 Å². The summed E-state index contributed by atoms with van der Waals surface area (Å²) in [5.74, 6) is 4.30. The van der Waals surface area contributed by atoms with Crippen molar-refractivity contribution < 1.29 is 8.42 Å². The molecule has 0 saturated heterocycles. The molecule has 4 aliphatic carbocycles. The molecule has 0 spiro atoms. The average molecular weight is 446 g/mol. The predicted molar refractivity (Wildman–Crippen MR) is 111 cm³/mol. The van der Waals surface area contributed by atoms with Gasteiger partial charge in [0.25, 0.3) is 10.0 Å². The van der Waals surface area contributed by atoms with E-state index in [-0.39, 0.29) is 4.90 Å². The Hall–Kier alpha value is -1.33. The van der Waals surface area contributed by atoms with Gasteiger partial charge in [0.1, 0.15) is 0 Å². The van der Waals surface area contributed by atoms with Gasteiger partial charge in [0.05, 0.1) is 4.90 Å². The monoisotopic (exact) mass is 445 g/mol. The number of hydrogen-bond acceptors (Lipinski definition) is 2. The number of rotatable bonds is 4. The fourth-order valence-corrected chi connectivity index (χ4v) is 7.39. The number of sulfonamides is 1. The van der Waals surface area contributed by atoms with Crippen LogP contribution in [-0.2, 0) is 10.0 Å². The van der Waals surface area contributed by atoms with E-state index in [1.54, 1.807) is 24.3 Å². The van der Waals surface area contributed by atoms with Crippen molar-refractivity contribution in [2.75, 3.05) is 4.72 Å². The van der Waals surface area contributed by atoms with Crippen LogP contribution < -0.4 is 4.72 Å². The number of hydrogen-bond donors (Lipinski definition) is 1. The van der Waals surface area contributed by atoms with Crippen LogP contribution in [0.15, 0.2) is 57.9 Å². The smallest absolute Gasteiger partial charge is 0.261 e. The van der Waals surface area contributed by atoms with E-state index in [1.807, 2.05) is 12.1 Å². The normalized spacial score (nSPS) is 31.8. The Morgan fingerprint density at radius 2 is 1.33 bits per heavy atom. The lowest BCUT2D eigenvalue weighted by Gasteiger charge is -2.54. The minimum Gasteiger partial charge on any atom is -0.280 e. The predicted octanol–water partition coefficient (Wildman–Crippen LogP) is 5.79. The van der Waals surface area contributed by atoms with Gasteiger partial charge in [-0.1, -0.05) is 28.1 Å². The molecule has 4 bridgehead atoms. The van der Waals surface area contributed by atoms with E-state index in [0.29, 0.717) is 11.6 Å². The first-order valence-corrected chi connectivity index (χ1v) is 12.1. The molecule has 142 valence electrons. The van der Waals surface area contributed by atoms with Crippen molar-refractivity contribution >= 4 is 31.6 Å². The Balaban J connectivity index is 1.34. The molecule has 5 heteroatoms. The second-order valence-corrected chi connectivity index (χ2v) is 11.2. The lowest BCUT2D eigenvalue weighted by Crippen LogP contribution is -2.43. The maximum absolute atomic E-state index is 12.6. The van der Waals surface area contributed by atoms with E-state index in [9.17, 15) is 8.42 Å². The van der Waals surface area contributed by atoms with Crippen LogP contribution in [0.4, 0.5) is 5.69 Å². The van der Waals surface area contributed by atoms with Gasteiger partial charge >= 0.3 is 0 Å². The molecule has 0 radical (unpaired) electrons. The maximum Gasteiger partial charge on any atom is 0.261 e. The largest absolute Gasteiger partial charge is 0.280 e. The van der Waals surface area contributed by atoms with Gasteiger partial charge in [-0.2, -0.15) is 0 Å². The first-order chi connectivity index (χ1) is 13.0. The molecule has 0 aromatic heterocycles. The Kier molecular flexibility index (Phi) is 4.36. The number of anilines is 1. The van der Waals surface area contributed by atoms with Crippen LogP contribution in [0.2, 0.25) is 0 Å². The number of halogens is 1. The van der Waals surface area contributed by atoms with Gasteiger partial charge in [-0.25, -0.2) is 8.42 Å². The molecular weight excluding hydrogens is 422 g/mol. The Bertz CT molecular complexity index is 909. The highest BCUT2D eigenvalue weighted by Crippen LogP contribution is 2.59. The zero-order valence-corrected chi connectivity index (χ0v) is 17.5. The van der Waals surface area contributed by atoms with Gasteiger partial charge in [-0.15, -0.1) is 0 Å². The zero-order chi connectivity index (χ0) is 18.6. The minimum absolute atomic E-state index is 0.274. The quantitative estimate of drug-likeness (QED) is 0.646. The fourth-order valence-electron chi connectivity index (χ4n) is 6.07. The highest BCUT2D eigenvalue weighted by atomic mass is 79.9. The first kappa shape index (κ1) is 17.7. The van der Waals surface area contributed by atoms with Gasteiger partial charge in [0.2, 0.25) is 0 Å². The highest BCUT2D eigenvalue weighted by molar-refractivity contribution is 9.10. The van der Waals surface area contributed by atoms with Gasteiger partial charge in [0, 0.05) is 10.2 Å². The van der Waals surface area contributed by atoms with E-state index in [0.717, 1.165) is 28.1 Å². The van der Waals surface area contributed by atoms with E-state index in [2.05, 4.69) is 32.8 Å². The molecule has 3 nitrogen and oxygen atoms in total. The second-order valence-electron chi connectivity index (χ2n) is 8.64. The summed E-state index contributed by atoms with van der Waals surface area (Å²) in [6, 6.07) is 14.8. The van der Waals surface area contributed by atoms with Crippen LogP contribution in [0, 0.1) is 23.7 Å². The SMILES string of the molecule is O=S(=O)(Nc1ccc(C2C3CC4CC(C3)CC2C4)cc1)c1ccc(Br)cc1. The van der Waals surface area contributed by atoms with Crippen molar-refractivity contribution in [2.24, 2.45) is 23.7 Å². The summed E-state index contributed by atoms with van der Waals surface area (Å²) in [4.78, 5) is 0.274. The number of benzene rings is 2. The summed E-state index contributed by atoms with van der Waals surface area (Å²) in [6.45, 7) is 0. The zero-order valence-electron chi connectivity index (χ0n) is 15.1. The Morgan fingerprint density at radius 1 is 0.778 bits per heavy atom. The molecule has 4 fully saturated rings. The lowest BCUT2D eigenvalue weighted by molar-refractivity contribution is -0.00277. The third-order valence-electron chi connectivity index (χ3n) is 6.90. The molecule has 2 aromatic rings. The molecule has 0 heterocycles. The molecule has 2 aromatic carbocycles. The fraction of sp³-hybridized carbons (Fsp3) is 0.455. The number of nitrogens with one attached hydrogen (secondary N) is 1. The molecule has 1 N–H and O–H groups in total. The summed E-state index contributed by atoms with van der Waals surface area (Å²) >= 11 is 3.34. The standard InChI is InChI=1S/C22H24BrNO2S/c23-19-3-7-21(8-4-19)27(25,26)24-20-5-1-16(2-6-20)22-17-10-14-9-15(12-17)13-18(22)11-14/h1-8,14-15,17-18,22,24H,9-13H2. The van der Waals surface area contributed by atoms with Crippen LogP contribution >= 0.6 is 15.9 Å². The van der Waals surface area contributed by atoms with E-state index in [1.165, 1.54) is 37.7 Å². The highest BCUT2D eigenvalue weighted by Gasteiger charge is 2.48. The molecule has 0 aliphatic heterocycles. The van der Waals surface area contributed by atoms with E-state index >= 15 is 0 Å².